The van der Waals surface area contributed by atoms with Crippen LogP contribution in [0.1, 0.15) is 48.8 Å². The maximum atomic E-state index is 11.1. The van der Waals surface area contributed by atoms with Gasteiger partial charge in [0, 0.05) is 18.1 Å². The van der Waals surface area contributed by atoms with Crippen molar-refractivity contribution in [2.75, 3.05) is 0 Å². The summed E-state index contributed by atoms with van der Waals surface area (Å²) in [5.41, 5.74) is 1.18. The number of carboxylic acids is 1. The van der Waals surface area contributed by atoms with E-state index in [1.807, 2.05) is 16.9 Å². The topological polar surface area (TPSA) is 68.0 Å². The SMILES string of the molecule is CCC(CC)n1ccc(CSc2ncccc2C(=O)O)n1. The Kier molecular flexibility index (Phi) is 5.38. The molecule has 2 aromatic heterocycles. The Morgan fingerprint density at radius 3 is 2.81 bits per heavy atom. The summed E-state index contributed by atoms with van der Waals surface area (Å²) in [5, 5.41) is 14.2. The van der Waals surface area contributed by atoms with Crippen molar-refractivity contribution < 1.29 is 9.90 Å². The third-order valence-corrected chi connectivity index (χ3v) is 4.38. The third-order valence-electron chi connectivity index (χ3n) is 3.34. The minimum absolute atomic E-state index is 0.238. The second-order valence-electron chi connectivity index (χ2n) is 4.71. The minimum atomic E-state index is -0.951. The van der Waals surface area contributed by atoms with Gasteiger partial charge in [-0.25, -0.2) is 9.78 Å². The molecule has 1 N–H and O–H groups in total. The lowest BCUT2D eigenvalue weighted by Crippen LogP contribution is -2.07. The van der Waals surface area contributed by atoms with Crippen molar-refractivity contribution in [1.82, 2.24) is 14.8 Å². The van der Waals surface area contributed by atoms with Gasteiger partial charge in [-0.3, -0.25) is 4.68 Å². The highest BCUT2D eigenvalue weighted by Crippen LogP contribution is 2.24. The molecule has 0 atom stereocenters. The highest BCUT2D eigenvalue weighted by atomic mass is 32.2. The van der Waals surface area contributed by atoms with Gasteiger partial charge in [-0.1, -0.05) is 25.6 Å². The monoisotopic (exact) mass is 305 g/mol. The number of thioether (sulfide) groups is 1. The normalized spacial score (nSPS) is 11.0. The first-order chi connectivity index (χ1) is 10.2. The Labute approximate surface area is 128 Å². The van der Waals surface area contributed by atoms with Crippen molar-refractivity contribution in [2.24, 2.45) is 0 Å². The van der Waals surface area contributed by atoms with Crippen molar-refractivity contribution >= 4 is 17.7 Å². The number of aromatic nitrogens is 3. The maximum absolute atomic E-state index is 11.1. The Morgan fingerprint density at radius 2 is 2.14 bits per heavy atom. The smallest absolute Gasteiger partial charge is 0.338 e. The summed E-state index contributed by atoms with van der Waals surface area (Å²) in [6.45, 7) is 4.30. The van der Waals surface area contributed by atoms with Crippen LogP contribution in [0.2, 0.25) is 0 Å². The molecule has 0 aliphatic heterocycles. The zero-order chi connectivity index (χ0) is 15.2. The second kappa shape index (κ2) is 7.26. The average Bonchev–Trinajstić information content (AvgIpc) is 2.95. The molecule has 0 bridgehead atoms. The van der Waals surface area contributed by atoms with Gasteiger partial charge in [0.15, 0.2) is 0 Å². The van der Waals surface area contributed by atoms with Gasteiger partial charge >= 0.3 is 5.97 Å². The van der Waals surface area contributed by atoms with Crippen molar-refractivity contribution in [3.05, 3.63) is 41.9 Å². The van der Waals surface area contributed by atoms with Crippen LogP contribution in [-0.2, 0) is 5.75 Å². The standard InChI is InChI=1S/C15H19N3O2S/c1-3-12(4-2)18-9-7-11(17-18)10-21-14-13(15(19)20)6-5-8-16-14/h5-9,12H,3-4,10H2,1-2H3,(H,19,20). The van der Waals surface area contributed by atoms with Crippen LogP contribution in [0, 0.1) is 0 Å². The highest BCUT2D eigenvalue weighted by molar-refractivity contribution is 7.98. The van der Waals surface area contributed by atoms with Crippen LogP contribution in [0.25, 0.3) is 0 Å². The molecule has 0 aliphatic carbocycles. The number of carboxylic acid groups (broad SMARTS) is 1. The van der Waals surface area contributed by atoms with Crippen molar-refractivity contribution in [2.45, 2.75) is 43.5 Å². The van der Waals surface area contributed by atoms with Gasteiger partial charge in [0.25, 0.3) is 0 Å². The van der Waals surface area contributed by atoms with Crippen LogP contribution >= 0.6 is 11.8 Å². The van der Waals surface area contributed by atoms with Gasteiger partial charge in [0.05, 0.1) is 17.3 Å². The van der Waals surface area contributed by atoms with E-state index in [4.69, 9.17) is 5.11 Å². The minimum Gasteiger partial charge on any atom is -0.478 e. The summed E-state index contributed by atoms with van der Waals surface area (Å²) in [7, 11) is 0. The van der Waals surface area contributed by atoms with Gasteiger partial charge < -0.3 is 5.11 Å². The molecule has 0 aliphatic rings. The molecule has 0 spiro atoms. The van der Waals surface area contributed by atoms with Gasteiger partial charge in [-0.2, -0.15) is 5.10 Å². The lowest BCUT2D eigenvalue weighted by molar-refractivity contribution is 0.0692. The quantitative estimate of drug-likeness (QED) is 0.791. The van der Waals surface area contributed by atoms with Gasteiger partial charge in [0.1, 0.15) is 5.03 Å². The van der Waals surface area contributed by atoms with E-state index in [2.05, 4.69) is 23.9 Å². The Morgan fingerprint density at radius 1 is 1.38 bits per heavy atom. The molecule has 0 saturated carbocycles. The number of aromatic carboxylic acids is 1. The number of nitrogens with zero attached hydrogens (tertiary/aromatic N) is 3. The van der Waals surface area contributed by atoms with Crippen LogP contribution in [0.4, 0.5) is 0 Å². The average molecular weight is 305 g/mol. The molecule has 0 fully saturated rings. The molecular weight excluding hydrogens is 286 g/mol. The molecule has 5 nitrogen and oxygen atoms in total. The molecule has 0 unspecified atom stereocenters. The van der Waals surface area contributed by atoms with E-state index in [1.54, 1.807) is 18.3 Å². The summed E-state index contributed by atoms with van der Waals surface area (Å²) < 4.78 is 1.99. The van der Waals surface area contributed by atoms with Crippen LogP contribution in [0.15, 0.2) is 35.6 Å². The van der Waals surface area contributed by atoms with E-state index >= 15 is 0 Å². The fourth-order valence-corrected chi connectivity index (χ4v) is 3.02. The van der Waals surface area contributed by atoms with E-state index in [0.29, 0.717) is 16.8 Å². The third kappa shape index (κ3) is 3.85. The molecule has 2 heterocycles. The number of rotatable bonds is 7. The van der Waals surface area contributed by atoms with Crippen LogP contribution < -0.4 is 0 Å². The summed E-state index contributed by atoms with van der Waals surface area (Å²) in [6, 6.07) is 5.61. The molecule has 2 rings (SSSR count). The maximum Gasteiger partial charge on any atom is 0.338 e. The Balaban J connectivity index is 2.05. The number of carbonyl (C=O) groups is 1. The van der Waals surface area contributed by atoms with Gasteiger partial charge in [0.2, 0.25) is 0 Å². The fraction of sp³-hybridized carbons (Fsp3) is 0.400. The zero-order valence-corrected chi connectivity index (χ0v) is 13.0. The number of hydrogen-bond acceptors (Lipinski definition) is 4. The fourth-order valence-electron chi connectivity index (χ4n) is 2.13. The first-order valence-corrected chi connectivity index (χ1v) is 7.99. The Bertz CT molecular complexity index is 608. The van der Waals surface area contributed by atoms with Crippen LogP contribution in [0.5, 0.6) is 0 Å². The van der Waals surface area contributed by atoms with E-state index in [9.17, 15) is 4.79 Å². The zero-order valence-electron chi connectivity index (χ0n) is 12.2. The molecule has 2 aromatic rings. The molecule has 0 radical (unpaired) electrons. The van der Waals surface area contributed by atoms with Crippen molar-refractivity contribution in [3.63, 3.8) is 0 Å². The molecule has 6 heteroatoms. The largest absolute Gasteiger partial charge is 0.478 e. The van der Waals surface area contributed by atoms with E-state index < -0.39 is 5.97 Å². The summed E-state index contributed by atoms with van der Waals surface area (Å²) >= 11 is 1.40. The van der Waals surface area contributed by atoms with Crippen molar-refractivity contribution in [1.29, 1.82) is 0 Å². The second-order valence-corrected chi connectivity index (χ2v) is 5.67. The van der Waals surface area contributed by atoms with E-state index in [1.165, 1.54) is 11.8 Å². The van der Waals surface area contributed by atoms with Crippen LogP contribution in [-0.4, -0.2) is 25.8 Å². The van der Waals surface area contributed by atoms with E-state index in [0.717, 1.165) is 18.5 Å². The molecule has 21 heavy (non-hydrogen) atoms. The molecular formula is C15H19N3O2S. The summed E-state index contributed by atoms with van der Waals surface area (Å²) in [4.78, 5) is 15.3. The predicted octanol–water partition coefficient (Wildman–Crippen LogP) is 3.63. The number of pyridine rings is 1. The molecule has 0 amide bonds. The lowest BCUT2D eigenvalue weighted by atomic mass is 10.2. The summed E-state index contributed by atoms with van der Waals surface area (Å²) in [6.07, 6.45) is 5.70. The molecule has 0 aromatic carbocycles. The van der Waals surface area contributed by atoms with Gasteiger partial charge in [-0.15, -0.1) is 0 Å². The van der Waals surface area contributed by atoms with E-state index in [-0.39, 0.29) is 5.56 Å². The van der Waals surface area contributed by atoms with Gasteiger partial charge in [-0.05, 0) is 31.0 Å². The lowest BCUT2D eigenvalue weighted by Gasteiger charge is -2.12. The first-order valence-electron chi connectivity index (χ1n) is 7.00. The predicted molar refractivity (Wildman–Crippen MR) is 82.6 cm³/mol. The summed E-state index contributed by atoms with van der Waals surface area (Å²) in [5.74, 6) is -0.335. The van der Waals surface area contributed by atoms with Crippen molar-refractivity contribution in [3.8, 4) is 0 Å². The Hall–Kier alpha value is -1.82. The van der Waals surface area contributed by atoms with Crippen LogP contribution in [0.3, 0.4) is 0 Å². The molecule has 0 saturated heterocycles. The molecule has 112 valence electrons. The first kappa shape index (κ1) is 15.6. The highest BCUT2D eigenvalue weighted by Gasteiger charge is 2.12. The number of hydrogen-bond donors (Lipinski definition) is 1.